The van der Waals surface area contributed by atoms with Gasteiger partial charge in [-0.3, -0.25) is 4.39 Å². The Bertz CT molecular complexity index is 1330. The van der Waals surface area contributed by atoms with Gasteiger partial charge < -0.3 is 10.0 Å². The number of allylic oxidation sites excluding steroid dienone is 1. The number of hydrogen-bond donors (Lipinski definition) is 1. The van der Waals surface area contributed by atoms with Gasteiger partial charge in [0.2, 0.25) is 0 Å². The first kappa shape index (κ1) is 26.0. The molecule has 1 aliphatic heterocycles. The van der Waals surface area contributed by atoms with Crippen LogP contribution in [0.5, 0.6) is 0 Å². The van der Waals surface area contributed by atoms with E-state index in [9.17, 15) is 14.3 Å². The summed E-state index contributed by atoms with van der Waals surface area (Å²) in [6.45, 7) is 2.67. The topological polar surface area (TPSA) is 40.5 Å². The van der Waals surface area contributed by atoms with Crippen LogP contribution in [0.15, 0.2) is 60.7 Å². The molecule has 1 saturated heterocycles. The third-order valence-corrected chi connectivity index (χ3v) is 8.21. The first-order valence-electron chi connectivity index (χ1n) is 12.9. The molecule has 0 bridgehead atoms. The summed E-state index contributed by atoms with van der Waals surface area (Å²) in [7, 11) is 0. The Balaban J connectivity index is 1.50. The Hall–Kier alpha value is -2.66. The summed E-state index contributed by atoms with van der Waals surface area (Å²) in [6.07, 6.45) is 4.21. The Morgan fingerprint density at radius 1 is 0.946 bits per heavy atom. The van der Waals surface area contributed by atoms with Crippen molar-refractivity contribution in [3.63, 3.8) is 0 Å². The molecule has 0 unspecified atom stereocenters. The molecular formula is C31H30Cl2FNO2. The van der Waals surface area contributed by atoms with E-state index < -0.39 is 5.97 Å². The number of alkyl halides is 1. The zero-order chi connectivity index (χ0) is 25.9. The maximum absolute atomic E-state index is 12.4. The van der Waals surface area contributed by atoms with Crippen LogP contribution in [-0.4, -0.2) is 42.3 Å². The molecule has 0 spiro atoms. The van der Waals surface area contributed by atoms with Gasteiger partial charge in [-0.2, -0.15) is 0 Å². The lowest BCUT2D eigenvalue weighted by Gasteiger charge is -2.39. The van der Waals surface area contributed by atoms with Gasteiger partial charge in [0.15, 0.2) is 0 Å². The number of benzene rings is 3. The molecule has 1 fully saturated rings. The molecule has 2 aliphatic rings. The number of carboxylic acid groups (broad SMARTS) is 1. The van der Waals surface area contributed by atoms with E-state index in [1.807, 2.05) is 30.3 Å². The lowest BCUT2D eigenvalue weighted by molar-refractivity contribution is 0.0696. The van der Waals surface area contributed by atoms with E-state index >= 15 is 0 Å². The Kier molecular flexibility index (Phi) is 7.99. The third-order valence-electron chi connectivity index (χ3n) is 7.47. The van der Waals surface area contributed by atoms with Gasteiger partial charge in [0.1, 0.15) is 0 Å². The van der Waals surface area contributed by atoms with Crippen LogP contribution in [0, 0.1) is 5.92 Å². The monoisotopic (exact) mass is 537 g/mol. The number of rotatable bonds is 8. The number of nitrogens with zero attached hydrogens (tertiary/aromatic N) is 1. The summed E-state index contributed by atoms with van der Waals surface area (Å²) in [5.41, 5.74) is 8.18. The smallest absolute Gasteiger partial charge is 0.335 e. The number of fused-ring (bicyclic) bond motifs is 1. The standard InChI is InChI=1S/C31H30Cl2FNO2/c32-28-12-10-24(17-29(28)33)26-4-1-3-23-16-25(31(36)37)9-11-27(23)30(26)22-7-5-20(6-8-22)15-21-18-35(19-21)14-2-13-34/h5-12,16-17,21H,1-4,13-15,18-19H2,(H,36,37). The molecule has 5 rings (SSSR count). The third kappa shape index (κ3) is 5.77. The fraction of sp³-hybridized carbons (Fsp3) is 0.323. The highest BCUT2D eigenvalue weighted by Gasteiger charge is 2.26. The molecule has 1 heterocycles. The first-order valence-corrected chi connectivity index (χ1v) is 13.6. The molecule has 192 valence electrons. The van der Waals surface area contributed by atoms with Gasteiger partial charge in [0, 0.05) is 19.6 Å². The van der Waals surface area contributed by atoms with Crippen LogP contribution in [-0.2, 0) is 12.8 Å². The first-order chi connectivity index (χ1) is 17.9. The van der Waals surface area contributed by atoms with Crippen LogP contribution in [0.25, 0.3) is 11.1 Å². The number of halogens is 3. The van der Waals surface area contributed by atoms with Crippen molar-refractivity contribution >= 4 is 40.3 Å². The van der Waals surface area contributed by atoms with Gasteiger partial charge in [-0.05, 0) is 101 Å². The second-order valence-corrected chi connectivity index (χ2v) is 10.9. The van der Waals surface area contributed by atoms with Crippen molar-refractivity contribution in [2.45, 2.75) is 32.1 Å². The van der Waals surface area contributed by atoms with Crippen molar-refractivity contribution < 1.29 is 14.3 Å². The maximum Gasteiger partial charge on any atom is 0.335 e. The molecule has 6 heteroatoms. The predicted octanol–water partition coefficient (Wildman–Crippen LogP) is 7.82. The van der Waals surface area contributed by atoms with Crippen LogP contribution in [0.3, 0.4) is 0 Å². The number of aryl methyl sites for hydroxylation is 1. The van der Waals surface area contributed by atoms with Crippen molar-refractivity contribution in [3.8, 4) is 0 Å². The van der Waals surface area contributed by atoms with Crippen LogP contribution in [0.1, 0.15) is 57.4 Å². The summed E-state index contributed by atoms with van der Waals surface area (Å²) >= 11 is 12.6. The van der Waals surface area contributed by atoms with E-state index in [0.717, 1.165) is 73.1 Å². The zero-order valence-corrected chi connectivity index (χ0v) is 22.2. The van der Waals surface area contributed by atoms with Crippen molar-refractivity contribution in [2.24, 2.45) is 5.92 Å². The highest BCUT2D eigenvalue weighted by Crippen LogP contribution is 2.41. The van der Waals surface area contributed by atoms with E-state index in [1.165, 1.54) is 11.1 Å². The fourth-order valence-corrected chi connectivity index (χ4v) is 5.93. The number of carbonyl (C=O) groups is 1. The largest absolute Gasteiger partial charge is 0.478 e. The molecule has 0 radical (unpaired) electrons. The minimum absolute atomic E-state index is 0.247. The molecule has 3 aromatic carbocycles. The Labute approximate surface area is 227 Å². The van der Waals surface area contributed by atoms with E-state index in [4.69, 9.17) is 23.2 Å². The van der Waals surface area contributed by atoms with E-state index in [0.29, 0.717) is 27.9 Å². The molecule has 1 N–H and O–H groups in total. The van der Waals surface area contributed by atoms with Gasteiger partial charge in [0.05, 0.1) is 22.3 Å². The summed E-state index contributed by atoms with van der Waals surface area (Å²) in [5, 5.41) is 10.6. The molecule has 3 nitrogen and oxygen atoms in total. The van der Waals surface area contributed by atoms with Gasteiger partial charge in [0.25, 0.3) is 0 Å². The molecule has 0 atom stereocenters. The van der Waals surface area contributed by atoms with E-state index in [2.05, 4.69) is 29.2 Å². The summed E-state index contributed by atoms with van der Waals surface area (Å²) in [6, 6.07) is 20.0. The number of hydrogen-bond acceptors (Lipinski definition) is 2. The predicted molar refractivity (Wildman–Crippen MR) is 149 cm³/mol. The molecule has 1 aliphatic carbocycles. The second kappa shape index (κ2) is 11.4. The quantitative estimate of drug-likeness (QED) is 0.318. The lowest BCUT2D eigenvalue weighted by Crippen LogP contribution is -2.47. The van der Waals surface area contributed by atoms with Crippen LogP contribution < -0.4 is 0 Å². The van der Waals surface area contributed by atoms with Crippen molar-refractivity contribution in [1.29, 1.82) is 0 Å². The number of aromatic carboxylic acids is 1. The Morgan fingerprint density at radius 3 is 2.41 bits per heavy atom. The van der Waals surface area contributed by atoms with E-state index in [1.54, 1.807) is 6.07 Å². The molecule has 3 aromatic rings. The SMILES string of the molecule is O=C(O)c1ccc2c(c1)CCCC(c1ccc(Cl)c(Cl)c1)=C2c1ccc(CC2CN(CCCF)C2)cc1. The molecule has 0 saturated carbocycles. The highest BCUT2D eigenvalue weighted by atomic mass is 35.5. The molecular weight excluding hydrogens is 508 g/mol. The molecule has 37 heavy (non-hydrogen) atoms. The molecule has 0 amide bonds. The van der Waals surface area contributed by atoms with Crippen LogP contribution in [0.2, 0.25) is 10.0 Å². The van der Waals surface area contributed by atoms with Gasteiger partial charge in [-0.1, -0.05) is 59.6 Å². The lowest BCUT2D eigenvalue weighted by atomic mass is 9.86. The summed E-state index contributed by atoms with van der Waals surface area (Å²) < 4.78 is 12.4. The van der Waals surface area contributed by atoms with Crippen molar-refractivity contribution in [2.75, 3.05) is 26.3 Å². The minimum Gasteiger partial charge on any atom is -0.478 e. The summed E-state index contributed by atoms with van der Waals surface area (Å²) in [4.78, 5) is 14.0. The molecule has 0 aromatic heterocycles. The average Bonchev–Trinajstić information content (AvgIpc) is 3.06. The maximum atomic E-state index is 12.4. The highest BCUT2D eigenvalue weighted by molar-refractivity contribution is 6.42. The number of carboxylic acids is 1. The normalized spacial score (nSPS) is 16.3. The average molecular weight is 538 g/mol. The van der Waals surface area contributed by atoms with Crippen molar-refractivity contribution in [1.82, 2.24) is 4.90 Å². The second-order valence-electron chi connectivity index (χ2n) is 10.1. The number of likely N-dealkylation sites (tertiary alicyclic amines) is 1. The van der Waals surface area contributed by atoms with Crippen LogP contribution in [0.4, 0.5) is 4.39 Å². The zero-order valence-electron chi connectivity index (χ0n) is 20.7. The van der Waals surface area contributed by atoms with Gasteiger partial charge >= 0.3 is 5.97 Å². The van der Waals surface area contributed by atoms with Gasteiger partial charge in [-0.15, -0.1) is 0 Å². The summed E-state index contributed by atoms with van der Waals surface area (Å²) in [5.74, 6) is -0.296. The minimum atomic E-state index is -0.911. The Morgan fingerprint density at radius 2 is 1.70 bits per heavy atom. The van der Waals surface area contributed by atoms with Crippen LogP contribution >= 0.6 is 23.2 Å². The van der Waals surface area contributed by atoms with E-state index in [-0.39, 0.29) is 6.67 Å². The van der Waals surface area contributed by atoms with Crippen molar-refractivity contribution in [3.05, 3.63) is 104 Å². The van der Waals surface area contributed by atoms with Gasteiger partial charge in [-0.25, -0.2) is 4.79 Å². The fourth-order valence-electron chi connectivity index (χ4n) is 5.64.